The van der Waals surface area contributed by atoms with Crippen LogP contribution in [0.3, 0.4) is 0 Å². The third kappa shape index (κ3) is 4.19. The molecule has 1 aliphatic rings. The highest BCUT2D eigenvalue weighted by Gasteiger charge is 2.30. The van der Waals surface area contributed by atoms with Crippen LogP contribution >= 0.6 is 11.6 Å². The lowest BCUT2D eigenvalue weighted by molar-refractivity contribution is -0.146. The molecule has 0 radical (unpaired) electrons. The summed E-state index contributed by atoms with van der Waals surface area (Å²) in [5.41, 5.74) is 1.19. The highest BCUT2D eigenvalue weighted by atomic mass is 35.5. The van der Waals surface area contributed by atoms with Crippen LogP contribution in [0.4, 0.5) is 5.69 Å². The van der Waals surface area contributed by atoms with Crippen molar-refractivity contribution in [3.63, 3.8) is 0 Å². The molecule has 0 aliphatic carbocycles. The Morgan fingerprint density at radius 2 is 2.17 bits per heavy atom. The van der Waals surface area contributed by atoms with Crippen molar-refractivity contribution >= 4 is 29.1 Å². The van der Waals surface area contributed by atoms with E-state index in [1.165, 1.54) is 7.11 Å². The first-order valence-electron chi connectivity index (χ1n) is 8.05. The highest BCUT2D eigenvalue weighted by molar-refractivity contribution is 6.40. The van der Waals surface area contributed by atoms with Gasteiger partial charge in [0, 0.05) is 30.3 Å². The number of hydrogen-bond acceptors (Lipinski definition) is 4. The molecule has 1 saturated heterocycles. The number of benzene rings is 1. The summed E-state index contributed by atoms with van der Waals surface area (Å²) >= 11 is 6.05. The number of methoxy groups -OCH3 is 1. The van der Waals surface area contributed by atoms with Crippen molar-refractivity contribution in [2.24, 2.45) is 0 Å². The SMILES string of the molecule is COc1cc(Cl)c(C)cc1NC(=O)C(=O)N1CCCCC1CCO. The monoisotopic (exact) mass is 354 g/mol. The molecule has 1 atom stereocenters. The maximum Gasteiger partial charge on any atom is 0.314 e. The van der Waals surface area contributed by atoms with Crippen molar-refractivity contribution in [1.82, 2.24) is 4.90 Å². The number of amides is 2. The molecule has 1 heterocycles. The normalized spacial score (nSPS) is 17.5. The molecule has 0 saturated carbocycles. The van der Waals surface area contributed by atoms with Gasteiger partial charge in [0.1, 0.15) is 5.75 Å². The van der Waals surface area contributed by atoms with E-state index in [9.17, 15) is 9.59 Å². The van der Waals surface area contributed by atoms with Crippen LogP contribution in [-0.2, 0) is 9.59 Å². The Morgan fingerprint density at radius 3 is 2.83 bits per heavy atom. The fraction of sp³-hybridized carbons (Fsp3) is 0.529. The van der Waals surface area contributed by atoms with Gasteiger partial charge in [-0.2, -0.15) is 0 Å². The molecule has 0 bridgehead atoms. The molecule has 7 heteroatoms. The third-order valence-electron chi connectivity index (χ3n) is 4.27. The number of aliphatic hydroxyl groups excluding tert-OH is 1. The number of likely N-dealkylation sites (tertiary alicyclic amines) is 1. The van der Waals surface area contributed by atoms with Gasteiger partial charge in [-0.25, -0.2) is 0 Å². The van der Waals surface area contributed by atoms with Crippen molar-refractivity contribution in [1.29, 1.82) is 0 Å². The highest BCUT2D eigenvalue weighted by Crippen LogP contribution is 2.31. The maximum atomic E-state index is 12.5. The molecule has 0 aromatic heterocycles. The zero-order chi connectivity index (χ0) is 17.7. The topological polar surface area (TPSA) is 78.9 Å². The van der Waals surface area contributed by atoms with E-state index in [0.29, 0.717) is 29.4 Å². The molecule has 24 heavy (non-hydrogen) atoms. The molecule has 1 fully saturated rings. The molecule has 132 valence electrons. The molecular weight excluding hydrogens is 332 g/mol. The van der Waals surface area contributed by atoms with Crippen LogP contribution in [0, 0.1) is 6.92 Å². The van der Waals surface area contributed by atoms with Gasteiger partial charge >= 0.3 is 11.8 Å². The van der Waals surface area contributed by atoms with E-state index < -0.39 is 11.8 Å². The van der Waals surface area contributed by atoms with Crippen molar-refractivity contribution in [2.75, 3.05) is 25.6 Å². The molecule has 0 spiro atoms. The van der Waals surface area contributed by atoms with Crippen molar-refractivity contribution in [3.05, 3.63) is 22.7 Å². The second-order valence-electron chi connectivity index (χ2n) is 5.92. The third-order valence-corrected chi connectivity index (χ3v) is 4.68. The second kappa shape index (κ2) is 8.35. The van der Waals surface area contributed by atoms with Crippen molar-refractivity contribution in [3.8, 4) is 5.75 Å². The number of piperidine rings is 1. The number of ether oxygens (including phenoxy) is 1. The number of halogens is 1. The average molecular weight is 355 g/mol. The lowest BCUT2D eigenvalue weighted by Gasteiger charge is -2.35. The Morgan fingerprint density at radius 1 is 1.42 bits per heavy atom. The number of aliphatic hydroxyl groups is 1. The van der Waals surface area contributed by atoms with Gasteiger partial charge in [-0.1, -0.05) is 11.6 Å². The Bertz CT molecular complexity index is 619. The number of nitrogens with zero attached hydrogens (tertiary/aromatic N) is 1. The van der Waals surface area contributed by atoms with Crippen LogP contribution in [0.5, 0.6) is 5.75 Å². The predicted octanol–water partition coefficient (Wildman–Crippen LogP) is 2.36. The number of hydrogen-bond donors (Lipinski definition) is 2. The van der Waals surface area contributed by atoms with Gasteiger partial charge < -0.3 is 20.1 Å². The minimum atomic E-state index is -0.708. The molecular formula is C17H23ClN2O4. The van der Waals surface area contributed by atoms with E-state index in [0.717, 1.165) is 24.8 Å². The molecule has 6 nitrogen and oxygen atoms in total. The summed E-state index contributed by atoms with van der Waals surface area (Å²) in [6.45, 7) is 2.34. The molecule has 2 amide bonds. The molecule has 2 rings (SSSR count). The van der Waals surface area contributed by atoms with Gasteiger partial charge in [-0.3, -0.25) is 9.59 Å². The molecule has 1 aromatic carbocycles. The Balaban J connectivity index is 2.14. The Kier molecular flexibility index (Phi) is 6.45. The minimum Gasteiger partial charge on any atom is -0.495 e. The summed E-state index contributed by atoms with van der Waals surface area (Å²) in [5.74, 6) is -0.889. The van der Waals surface area contributed by atoms with Crippen LogP contribution in [0.1, 0.15) is 31.2 Å². The van der Waals surface area contributed by atoms with E-state index in [1.807, 2.05) is 0 Å². The largest absolute Gasteiger partial charge is 0.495 e. The van der Waals surface area contributed by atoms with Gasteiger partial charge in [0.25, 0.3) is 0 Å². The summed E-state index contributed by atoms with van der Waals surface area (Å²) in [5, 5.41) is 12.3. The molecule has 1 unspecified atom stereocenters. The number of carbonyl (C=O) groups excluding carboxylic acids is 2. The first-order chi connectivity index (χ1) is 11.5. The van der Waals surface area contributed by atoms with Gasteiger partial charge in [0.05, 0.1) is 12.8 Å². The lowest BCUT2D eigenvalue weighted by Crippen LogP contribution is -2.48. The fourth-order valence-electron chi connectivity index (χ4n) is 2.95. The van der Waals surface area contributed by atoms with Gasteiger partial charge in [-0.05, 0) is 44.2 Å². The average Bonchev–Trinajstić information content (AvgIpc) is 2.58. The van der Waals surface area contributed by atoms with Crippen LogP contribution in [0.15, 0.2) is 12.1 Å². The quantitative estimate of drug-likeness (QED) is 0.813. The maximum absolute atomic E-state index is 12.5. The summed E-state index contributed by atoms with van der Waals surface area (Å²) in [6, 6.07) is 3.19. The van der Waals surface area contributed by atoms with E-state index >= 15 is 0 Å². The Hall–Kier alpha value is -1.79. The zero-order valence-corrected chi connectivity index (χ0v) is 14.7. The number of nitrogens with one attached hydrogen (secondary N) is 1. The van der Waals surface area contributed by atoms with E-state index in [2.05, 4.69) is 5.32 Å². The van der Waals surface area contributed by atoms with Crippen molar-refractivity contribution in [2.45, 2.75) is 38.6 Å². The van der Waals surface area contributed by atoms with E-state index in [-0.39, 0.29) is 12.6 Å². The number of anilines is 1. The smallest absolute Gasteiger partial charge is 0.314 e. The zero-order valence-electron chi connectivity index (χ0n) is 14.0. The van der Waals surface area contributed by atoms with Gasteiger partial charge in [0.2, 0.25) is 0 Å². The molecule has 1 aliphatic heterocycles. The first kappa shape index (κ1) is 18.5. The summed E-state index contributed by atoms with van der Waals surface area (Å²) in [4.78, 5) is 26.4. The van der Waals surface area contributed by atoms with Crippen LogP contribution in [-0.4, -0.2) is 48.1 Å². The number of aryl methyl sites for hydroxylation is 1. The minimum absolute atomic E-state index is 0.000266. The first-order valence-corrected chi connectivity index (χ1v) is 8.42. The Labute approximate surface area is 146 Å². The molecule has 1 aromatic rings. The van der Waals surface area contributed by atoms with Gasteiger partial charge in [0.15, 0.2) is 0 Å². The van der Waals surface area contributed by atoms with E-state index in [1.54, 1.807) is 24.0 Å². The number of carbonyl (C=O) groups is 2. The molecule has 2 N–H and O–H groups in total. The second-order valence-corrected chi connectivity index (χ2v) is 6.32. The van der Waals surface area contributed by atoms with Gasteiger partial charge in [-0.15, -0.1) is 0 Å². The fourth-order valence-corrected chi connectivity index (χ4v) is 3.11. The van der Waals surface area contributed by atoms with E-state index in [4.69, 9.17) is 21.4 Å². The van der Waals surface area contributed by atoms with Crippen LogP contribution in [0.2, 0.25) is 5.02 Å². The summed E-state index contributed by atoms with van der Waals surface area (Å²) in [6.07, 6.45) is 3.16. The lowest BCUT2D eigenvalue weighted by atomic mass is 9.99. The standard InChI is InChI=1S/C17H23ClN2O4/c1-11-9-14(15(24-2)10-13(11)18)19-16(22)17(23)20-7-4-3-5-12(20)6-8-21/h9-10,12,21H,3-8H2,1-2H3,(H,19,22). The van der Waals surface area contributed by atoms with Crippen LogP contribution < -0.4 is 10.1 Å². The van der Waals surface area contributed by atoms with Crippen LogP contribution in [0.25, 0.3) is 0 Å². The summed E-state index contributed by atoms with van der Waals surface area (Å²) in [7, 11) is 1.47. The number of rotatable bonds is 4. The summed E-state index contributed by atoms with van der Waals surface area (Å²) < 4.78 is 5.21. The van der Waals surface area contributed by atoms with Crippen molar-refractivity contribution < 1.29 is 19.4 Å². The predicted molar refractivity (Wildman–Crippen MR) is 92.4 cm³/mol.